The standard InChI is InChI=1S/C24H46N4O/c1-23(2,3)19-25-15-17-26(18-16-25)21-9-11-27(12-10-21)22(29)20-7-13-28(14-8-20)24(4,5)6/h20-21H,7-19H2,1-6H3. The molecule has 0 bridgehead atoms. The predicted molar refractivity (Wildman–Crippen MR) is 121 cm³/mol. The SMILES string of the molecule is CC(C)(C)CN1CCN(C2CCN(C(=O)C3CCN(C(C)(C)C)CC3)CC2)CC1. The second kappa shape index (κ2) is 9.23. The van der Waals surface area contributed by atoms with Gasteiger partial charge in [0.25, 0.3) is 0 Å². The second-order valence-electron chi connectivity index (χ2n) is 11.9. The van der Waals surface area contributed by atoms with Crippen LogP contribution in [-0.2, 0) is 4.79 Å². The van der Waals surface area contributed by atoms with Crippen LogP contribution in [0, 0.1) is 11.3 Å². The first kappa shape index (κ1) is 23.0. The van der Waals surface area contributed by atoms with E-state index in [9.17, 15) is 4.79 Å². The molecule has 0 aromatic carbocycles. The minimum absolute atomic E-state index is 0.225. The van der Waals surface area contributed by atoms with Crippen molar-refractivity contribution in [1.82, 2.24) is 19.6 Å². The van der Waals surface area contributed by atoms with Gasteiger partial charge in [-0.15, -0.1) is 0 Å². The molecule has 1 amide bonds. The Labute approximate surface area is 179 Å². The van der Waals surface area contributed by atoms with Crippen LogP contribution in [0.1, 0.15) is 67.2 Å². The van der Waals surface area contributed by atoms with Gasteiger partial charge in [0.05, 0.1) is 0 Å². The van der Waals surface area contributed by atoms with Crippen LogP contribution in [0.15, 0.2) is 0 Å². The molecule has 0 atom stereocenters. The van der Waals surface area contributed by atoms with Crippen LogP contribution in [0.3, 0.4) is 0 Å². The number of piperazine rings is 1. The molecule has 5 heteroatoms. The fraction of sp³-hybridized carbons (Fsp3) is 0.958. The average Bonchev–Trinajstić information content (AvgIpc) is 2.66. The quantitative estimate of drug-likeness (QED) is 0.720. The summed E-state index contributed by atoms with van der Waals surface area (Å²) in [6.07, 6.45) is 4.38. The van der Waals surface area contributed by atoms with Crippen molar-refractivity contribution >= 4 is 5.91 Å². The first-order valence-electron chi connectivity index (χ1n) is 12.0. The summed E-state index contributed by atoms with van der Waals surface area (Å²) >= 11 is 0. The van der Waals surface area contributed by atoms with Gasteiger partial charge in [-0.3, -0.25) is 14.6 Å². The molecule has 0 saturated carbocycles. The van der Waals surface area contributed by atoms with E-state index in [4.69, 9.17) is 0 Å². The zero-order valence-corrected chi connectivity index (χ0v) is 20.0. The Morgan fingerprint density at radius 2 is 1.31 bits per heavy atom. The second-order valence-corrected chi connectivity index (χ2v) is 11.9. The van der Waals surface area contributed by atoms with Gasteiger partial charge in [0.15, 0.2) is 0 Å². The first-order chi connectivity index (χ1) is 13.5. The van der Waals surface area contributed by atoms with E-state index in [1.54, 1.807) is 0 Å². The van der Waals surface area contributed by atoms with E-state index in [-0.39, 0.29) is 11.5 Å². The smallest absolute Gasteiger partial charge is 0.225 e. The Hall–Kier alpha value is -0.650. The number of rotatable bonds is 3. The minimum Gasteiger partial charge on any atom is -0.342 e. The number of likely N-dealkylation sites (tertiary alicyclic amines) is 2. The van der Waals surface area contributed by atoms with E-state index in [0.717, 1.165) is 51.9 Å². The summed E-state index contributed by atoms with van der Waals surface area (Å²) in [5.74, 6) is 0.693. The molecule has 0 radical (unpaired) electrons. The summed E-state index contributed by atoms with van der Waals surface area (Å²) in [5, 5.41) is 0. The van der Waals surface area contributed by atoms with Crippen molar-refractivity contribution in [2.24, 2.45) is 11.3 Å². The molecule has 3 aliphatic heterocycles. The highest BCUT2D eigenvalue weighted by Gasteiger charge is 2.35. The van der Waals surface area contributed by atoms with Crippen LogP contribution in [-0.4, -0.2) is 96.0 Å². The van der Waals surface area contributed by atoms with Crippen molar-refractivity contribution < 1.29 is 4.79 Å². The van der Waals surface area contributed by atoms with Crippen LogP contribution in [0.2, 0.25) is 0 Å². The summed E-state index contributed by atoms with van der Waals surface area (Å²) < 4.78 is 0. The summed E-state index contributed by atoms with van der Waals surface area (Å²) in [4.78, 5) is 23.1. The topological polar surface area (TPSA) is 30.0 Å². The Balaban J connectivity index is 1.39. The van der Waals surface area contributed by atoms with Crippen molar-refractivity contribution in [3.05, 3.63) is 0 Å². The van der Waals surface area contributed by atoms with Gasteiger partial charge >= 0.3 is 0 Å². The molecule has 0 unspecified atom stereocenters. The largest absolute Gasteiger partial charge is 0.342 e. The van der Waals surface area contributed by atoms with Crippen LogP contribution in [0.25, 0.3) is 0 Å². The number of carbonyl (C=O) groups is 1. The number of nitrogens with zero attached hydrogens (tertiary/aromatic N) is 4. The fourth-order valence-corrected chi connectivity index (χ4v) is 5.46. The molecule has 5 nitrogen and oxygen atoms in total. The summed E-state index contributed by atoms with van der Waals surface area (Å²) in [6, 6.07) is 0.679. The highest BCUT2D eigenvalue weighted by atomic mass is 16.2. The number of amides is 1. The van der Waals surface area contributed by atoms with E-state index in [2.05, 4.69) is 61.1 Å². The zero-order valence-electron chi connectivity index (χ0n) is 20.0. The number of hydrogen-bond donors (Lipinski definition) is 0. The third kappa shape index (κ3) is 6.41. The van der Waals surface area contributed by atoms with Gasteiger partial charge in [0.2, 0.25) is 5.91 Å². The van der Waals surface area contributed by atoms with Crippen LogP contribution in [0.5, 0.6) is 0 Å². The number of piperidine rings is 2. The Morgan fingerprint density at radius 3 is 1.79 bits per heavy atom. The lowest BCUT2D eigenvalue weighted by atomic mass is 9.91. The van der Waals surface area contributed by atoms with Gasteiger partial charge in [-0.2, -0.15) is 0 Å². The Bertz CT molecular complexity index is 526. The van der Waals surface area contributed by atoms with Gasteiger partial charge in [0, 0.05) is 63.3 Å². The molecule has 168 valence electrons. The van der Waals surface area contributed by atoms with Crippen molar-refractivity contribution in [2.75, 3.05) is 58.9 Å². The molecular weight excluding hydrogens is 360 g/mol. The lowest BCUT2D eigenvalue weighted by Gasteiger charge is -2.45. The first-order valence-corrected chi connectivity index (χ1v) is 12.0. The fourth-order valence-electron chi connectivity index (χ4n) is 5.46. The molecule has 0 spiro atoms. The molecule has 0 aromatic rings. The minimum atomic E-state index is 0.225. The molecular formula is C24H46N4O. The molecule has 3 heterocycles. The maximum atomic E-state index is 13.1. The molecule has 0 N–H and O–H groups in total. The normalized spacial score (nSPS) is 25.5. The molecule has 3 saturated heterocycles. The highest BCUT2D eigenvalue weighted by Crippen LogP contribution is 2.27. The lowest BCUT2D eigenvalue weighted by molar-refractivity contribution is -0.139. The maximum absolute atomic E-state index is 13.1. The number of hydrogen-bond acceptors (Lipinski definition) is 4. The van der Waals surface area contributed by atoms with E-state index in [1.807, 2.05) is 0 Å². The average molecular weight is 407 g/mol. The van der Waals surface area contributed by atoms with E-state index >= 15 is 0 Å². The van der Waals surface area contributed by atoms with Crippen molar-refractivity contribution in [2.45, 2.75) is 78.8 Å². The highest BCUT2D eigenvalue weighted by molar-refractivity contribution is 5.79. The van der Waals surface area contributed by atoms with Gasteiger partial charge in [-0.05, 0) is 65.0 Å². The van der Waals surface area contributed by atoms with Crippen LogP contribution >= 0.6 is 0 Å². The molecule has 0 aromatic heterocycles. The summed E-state index contributed by atoms with van der Waals surface area (Å²) in [7, 11) is 0. The Kier molecular flexibility index (Phi) is 7.33. The van der Waals surface area contributed by atoms with Crippen LogP contribution in [0.4, 0.5) is 0 Å². The van der Waals surface area contributed by atoms with E-state index in [0.29, 0.717) is 17.4 Å². The van der Waals surface area contributed by atoms with Crippen molar-refractivity contribution in [3.63, 3.8) is 0 Å². The third-order valence-electron chi connectivity index (χ3n) is 7.19. The lowest BCUT2D eigenvalue weighted by Crippen LogP contribution is -2.55. The van der Waals surface area contributed by atoms with Gasteiger partial charge in [0.1, 0.15) is 0 Å². The van der Waals surface area contributed by atoms with E-state index < -0.39 is 0 Å². The van der Waals surface area contributed by atoms with Gasteiger partial charge < -0.3 is 9.80 Å². The molecule has 0 aliphatic carbocycles. The van der Waals surface area contributed by atoms with Crippen LogP contribution < -0.4 is 0 Å². The summed E-state index contributed by atoms with van der Waals surface area (Å²) in [5.41, 5.74) is 0.611. The number of carbonyl (C=O) groups excluding carboxylic acids is 1. The van der Waals surface area contributed by atoms with Gasteiger partial charge in [-0.25, -0.2) is 0 Å². The Morgan fingerprint density at radius 1 is 0.759 bits per heavy atom. The third-order valence-corrected chi connectivity index (χ3v) is 7.19. The van der Waals surface area contributed by atoms with E-state index in [1.165, 1.54) is 32.7 Å². The molecule has 3 rings (SSSR count). The van der Waals surface area contributed by atoms with Gasteiger partial charge in [-0.1, -0.05) is 20.8 Å². The molecule has 3 aliphatic rings. The van der Waals surface area contributed by atoms with Crippen molar-refractivity contribution in [3.8, 4) is 0 Å². The maximum Gasteiger partial charge on any atom is 0.225 e. The predicted octanol–water partition coefficient (Wildman–Crippen LogP) is 3.15. The zero-order chi connectivity index (χ0) is 21.2. The van der Waals surface area contributed by atoms with Crippen molar-refractivity contribution in [1.29, 1.82) is 0 Å². The molecule has 3 fully saturated rings. The monoisotopic (exact) mass is 406 g/mol. The molecule has 29 heavy (non-hydrogen) atoms. The summed E-state index contributed by atoms with van der Waals surface area (Å²) in [6.45, 7) is 23.9.